The third-order valence-corrected chi connectivity index (χ3v) is 5.96. The van der Waals surface area contributed by atoms with Crippen LogP contribution in [-0.2, 0) is 0 Å². The Balaban J connectivity index is 1.58. The lowest BCUT2D eigenvalue weighted by Crippen LogP contribution is -2.39. The summed E-state index contributed by atoms with van der Waals surface area (Å²) in [5, 5.41) is 7.05. The molecule has 0 amide bonds. The van der Waals surface area contributed by atoms with Gasteiger partial charge < -0.3 is 20.4 Å². The predicted molar refractivity (Wildman–Crippen MR) is 120 cm³/mol. The van der Waals surface area contributed by atoms with E-state index in [4.69, 9.17) is 4.99 Å². The number of hydrogen-bond donors (Lipinski definition) is 2. The molecule has 2 aliphatic heterocycles. The molecule has 3 rings (SSSR count). The van der Waals surface area contributed by atoms with E-state index in [1.807, 2.05) is 0 Å². The van der Waals surface area contributed by atoms with E-state index in [-0.39, 0.29) is 6.04 Å². The van der Waals surface area contributed by atoms with Crippen LogP contribution in [0.25, 0.3) is 0 Å². The summed E-state index contributed by atoms with van der Waals surface area (Å²) in [7, 11) is 0. The molecule has 0 aliphatic carbocycles. The Bertz CT molecular complexity index is 623. The lowest BCUT2D eigenvalue weighted by molar-refractivity contribution is 0.326. The summed E-state index contributed by atoms with van der Waals surface area (Å²) in [4.78, 5) is 9.99. The molecular weight excluding hydrogens is 346 g/mol. The van der Waals surface area contributed by atoms with Crippen molar-refractivity contribution >= 4 is 11.6 Å². The first-order chi connectivity index (χ1) is 13.7. The Labute approximate surface area is 171 Å². The minimum atomic E-state index is 0.237. The zero-order valence-corrected chi connectivity index (χ0v) is 18.1. The molecule has 2 N–H and O–H groups in total. The van der Waals surface area contributed by atoms with Crippen LogP contribution in [0.3, 0.4) is 0 Å². The van der Waals surface area contributed by atoms with Crippen molar-refractivity contribution in [1.29, 1.82) is 0 Å². The van der Waals surface area contributed by atoms with Crippen molar-refractivity contribution in [1.82, 2.24) is 15.5 Å². The van der Waals surface area contributed by atoms with Crippen LogP contribution in [-0.4, -0.2) is 56.7 Å². The Hall–Kier alpha value is -1.75. The lowest BCUT2D eigenvalue weighted by Gasteiger charge is -2.22. The Morgan fingerprint density at radius 3 is 2.79 bits per heavy atom. The number of nitrogens with one attached hydrogen (secondary N) is 2. The normalized spacial score (nSPS) is 21.9. The predicted octanol–water partition coefficient (Wildman–Crippen LogP) is 3.63. The van der Waals surface area contributed by atoms with Gasteiger partial charge in [0, 0.05) is 38.4 Å². The van der Waals surface area contributed by atoms with E-state index < -0.39 is 0 Å². The Morgan fingerprint density at radius 2 is 2.04 bits per heavy atom. The third-order valence-electron chi connectivity index (χ3n) is 5.96. The number of rotatable bonds is 8. The molecule has 1 aromatic carbocycles. The van der Waals surface area contributed by atoms with Gasteiger partial charge in [-0.1, -0.05) is 19.1 Å². The summed E-state index contributed by atoms with van der Waals surface area (Å²) >= 11 is 0. The molecule has 0 bridgehead atoms. The van der Waals surface area contributed by atoms with E-state index in [2.05, 4.69) is 65.5 Å². The monoisotopic (exact) mass is 385 g/mol. The van der Waals surface area contributed by atoms with Crippen LogP contribution in [0, 0.1) is 5.92 Å². The van der Waals surface area contributed by atoms with E-state index in [0.29, 0.717) is 5.92 Å². The average molecular weight is 386 g/mol. The molecule has 0 saturated carbocycles. The Kier molecular flexibility index (Phi) is 8.01. The summed E-state index contributed by atoms with van der Waals surface area (Å²) in [6.07, 6.45) is 5.14. The largest absolute Gasteiger partial charge is 0.372 e. The van der Waals surface area contributed by atoms with Crippen LogP contribution in [0.5, 0.6) is 0 Å². The zero-order valence-electron chi connectivity index (χ0n) is 18.1. The fourth-order valence-corrected chi connectivity index (χ4v) is 4.38. The quantitative estimate of drug-likeness (QED) is 0.530. The van der Waals surface area contributed by atoms with Gasteiger partial charge in [0.05, 0.1) is 6.04 Å². The van der Waals surface area contributed by atoms with Gasteiger partial charge in [-0.2, -0.15) is 0 Å². The van der Waals surface area contributed by atoms with Crippen LogP contribution in [0.15, 0.2) is 29.3 Å². The average Bonchev–Trinajstić information content (AvgIpc) is 3.39. The summed E-state index contributed by atoms with van der Waals surface area (Å²) in [5.41, 5.74) is 2.68. The maximum Gasteiger partial charge on any atom is 0.191 e. The molecule has 1 aromatic rings. The van der Waals surface area contributed by atoms with Gasteiger partial charge in [-0.15, -0.1) is 0 Å². The van der Waals surface area contributed by atoms with E-state index >= 15 is 0 Å². The third kappa shape index (κ3) is 5.87. The minimum absolute atomic E-state index is 0.237. The molecule has 2 atom stereocenters. The van der Waals surface area contributed by atoms with Gasteiger partial charge in [0.25, 0.3) is 0 Å². The fraction of sp³-hybridized carbons (Fsp3) is 0.696. The van der Waals surface area contributed by atoms with Crippen molar-refractivity contribution < 1.29 is 0 Å². The first-order valence-electron chi connectivity index (χ1n) is 11.3. The summed E-state index contributed by atoms with van der Waals surface area (Å²) in [6.45, 7) is 14.5. The number of hydrogen-bond acceptors (Lipinski definition) is 3. The molecule has 2 unspecified atom stereocenters. The van der Waals surface area contributed by atoms with Gasteiger partial charge in [-0.3, -0.25) is 4.99 Å². The van der Waals surface area contributed by atoms with Crippen LogP contribution in [0.1, 0.15) is 58.1 Å². The first-order valence-corrected chi connectivity index (χ1v) is 11.3. The van der Waals surface area contributed by atoms with E-state index in [9.17, 15) is 0 Å². The van der Waals surface area contributed by atoms with Crippen molar-refractivity contribution in [3.63, 3.8) is 0 Å². The second-order valence-electron chi connectivity index (χ2n) is 8.33. The number of anilines is 1. The SMILES string of the molecule is CCCN1CCC(CN=C(NCC)NC(C)c2cccc(N3CCCC3)c2)C1. The molecule has 2 saturated heterocycles. The molecule has 2 heterocycles. The number of guanidine groups is 1. The maximum absolute atomic E-state index is 4.91. The molecule has 0 aromatic heterocycles. The van der Waals surface area contributed by atoms with Gasteiger partial charge in [-0.25, -0.2) is 0 Å². The molecule has 0 spiro atoms. The lowest BCUT2D eigenvalue weighted by atomic mass is 10.1. The smallest absolute Gasteiger partial charge is 0.191 e. The minimum Gasteiger partial charge on any atom is -0.372 e. The van der Waals surface area contributed by atoms with Gasteiger partial charge >= 0.3 is 0 Å². The first kappa shape index (κ1) is 21.0. The number of aliphatic imine (C=N–C) groups is 1. The fourth-order valence-electron chi connectivity index (χ4n) is 4.38. The highest BCUT2D eigenvalue weighted by Gasteiger charge is 2.21. The molecule has 5 nitrogen and oxygen atoms in total. The van der Waals surface area contributed by atoms with Gasteiger partial charge in [0.2, 0.25) is 0 Å². The van der Waals surface area contributed by atoms with Crippen LogP contribution >= 0.6 is 0 Å². The van der Waals surface area contributed by atoms with Crippen molar-refractivity contribution in [3.05, 3.63) is 29.8 Å². The van der Waals surface area contributed by atoms with Crippen molar-refractivity contribution in [3.8, 4) is 0 Å². The topological polar surface area (TPSA) is 42.9 Å². The van der Waals surface area contributed by atoms with Crippen molar-refractivity contribution in [2.45, 2.75) is 52.5 Å². The standard InChI is InChI=1S/C23H39N5/c1-4-12-27-15-11-20(18-27)17-25-23(24-5-2)26-19(3)21-9-8-10-22(16-21)28-13-6-7-14-28/h8-10,16,19-20H,4-7,11-15,17-18H2,1-3H3,(H2,24,25,26). The molecule has 156 valence electrons. The maximum atomic E-state index is 4.91. The van der Waals surface area contributed by atoms with Gasteiger partial charge in [0.15, 0.2) is 5.96 Å². The summed E-state index contributed by atoms with van der Waals surface area (Å²) < 4.78 is 0. The molecule has 2 fully saturated rings. The second-order valence-corrected chi connectivity index (χ2v) is 8.33. The number of benzene rings is 1. The molecular formula is C23H39N5. The van der Waals surface area contributed by atoms with E-state index in [0.717, 1.165) is 19.0 Å². The molecule has 28 heavy (non-hydrogen) atoms. The number of nitrogens with zero attached hydrogens (tertiary/aromatic N) is 3. The van der Waals surface area contributed by atoms with E-state index in [1.165, 1.54) is 69.7 Å². The molecule has 5 heteroatoms. The summed E-state index contributed by atoms with van der Waals surface area (Å²) in [5.74, 6) is 1.63. The van der Waals surface area contributed by atoms with Crippen molar-refractivity contribution in [2.24, 2.45) is 10.9 Å². The Morgan fingerprint density at radius 1 is 1.21 bits per heavy atom. The summed E-state index contributed by atoms with van der Waals surface area (Å²) in [6, 6.07) is 9.22. The molecule has 2 aliphatic rings. The van der Waals surface area contributed by atoms with E-state index in [1.54, 1.807) is 0 Å². The molecule has 0 radical (unpaired) electrons. The highest BCUT2D eigenvalue weighted by atomic mass is 15.2. The second kappa shape index (κ2) is 10.7. The van der Waals surface area contributed by atoms with Gasteiger partial charge in [-0.05, 0) is 76.2 Å². The highest BCUT2D eigenvalue weighted by Crippen LogP contribution is 2.24. The van der Waals surface area contributed by atoms with Crippen LogP contribution < -0.4 is 15.5 Å². The van der Waals surface area contributed by atoms with Crippen LogP contribution in [0.2, 0.25) is 0 Å². The van der Waals surface area contributed by atoms with Gasteiger partial charge in [0.1, 0.15) is 0 Å². The highest BCUT2D eigenvalue weighted by molar-refractivity contribution is 5.80. The zero-order chi connectivity index (χ0) is 19.8. The van der Waals surface area contributed by atoms with Crippen molar-refractivity contribution in [2.75, 3.05) is 50.7 Å². The number of likely N-dealkylation sites (tertiary alicyclic amines) is 1. The van der Waals surface area contributed by atoms with Crippen LogP contribution in [0.4, 0.5) is 5.69 Å².